The maximum atomic E-state index is 13.6. The van der Waals surface area contributed by atoms with Crippen molar-refractivity contribution in [2.75, 3.05) is 42.7 Å². The molecule has 160 valence electrons. The van der Waals surface area contributed by atoms with E-state index in [4.69, 9.17) is 28.9 Å². The first kappa shape index (κ1) is 22.3. The van der Waals surface area contributed by atoms with Crippen molar-refractivity contribution in [2.45, 2.75) is 4.90 Å². The second-order valence-corrected chi connectivity index (χ2v) is 9.57. The highest BCUT2D eigenvalue weighted by Gasteiger charge is 2.24. The summed E-state index contributed by atoms with van der Waals surface area (Å²) in [5.74, 6) is -1.71. The number of thiocarbonyl (C=S) groups is 1. The Labute approximate surface area is 184 Å². The zero-order chi connectivity index (χ0) is 22.1. The molecule has 1 saturated heterocycles. The highest BCUT2D eigenvalue weighted by molar-refractivity contribution is 7.90. The summed E-state index contributed by atoms with van der Waals surface area (Å²) < 4.78 is 37.6. The van der Waals surface area contributed by atoms with Crippen molar-refractivity contribution < 1.29 is 22.7 Å². The predicted molar refractivity (Wildman–Crippen MR) is 118 cm³/mol. The SMILES string of the molecule is CS(=O)(=O)c1cc(F)ccc1N1CCN(C(=S)Nc2ccc(C(=O)O)c(Cl)c2)CC1. The van der Waals surface area contributed by atoms with Crippen LogP contribution in [0.4, 0.5) is 15.8 Å². The Kier molecular flexibility index (Phi) is 6.49. The molecule has 0 radical (unpaired) electrons. The molecule has 1 heterocycles. The van der Waals surface area contributed by atoms with Crippen LogP contribution in [0.3, 0.4) is 0 Å². The van der Waals surface area contributed by atoms with Gasteiger partial charge in [0.1, 0.15) is 5.82 Å². The highest BCUT2D eigenvalue weighted by Crippen LogP contribution is 2.27. The molecule has 0 atom stereocenters. The number of rotatable bonds is 4. The van der Waals surface area contributed by atoms with Crippen LogP contribution in [0.25, 0.3) is 0 Å². The average Bonchev–Trinajstić information content (AvgIpc) is 2.67. The first-order valence-electron chi connectivity index (χ1n) is 8.89. The van der Waals surface area contributed by atoms with Crippen molar-refractivity contribution in [3.05, 3.63) is 52.8 Å². The summed E-state index contributed by atoms with van der Waals surface area (Å²) in [7, 11) is -3.58. The smallest absolute Gasteiger partial charge is 0.337 e. The Balaban J connectivity index is 1.67. The molecule has 3 rings (SSSR count). The number of nitrogens with zero attached hydrogens (tertiary/aromatic N) is 2. The Bertz CT molecular complexity index is 1100. The molecule has 0 bridgehead atoms. The molecule has 1 aliphatic rings. The van der Waals surface area contributed by atoms with Gasteiger partial charge in [0.25, 0.3) is 0 Å². The van der Waals surface area contributed by atoms with Crippen LogP contribution in [0.2, 0.25) is 5.02 Å². The summed E-state index contributed by atoms with van der Waals surface area (Å²) in [6.45, 7) is 2.03. The van der Waals surface area contributed by atoms with Gasteiger partial charge in [0.2, 0.25) is 0 Å². The number of carboxylic acids is 1. The topological polar surface area (TPSA) is 90.0 Å². The molecular weight excluding hydrogens is 453 g/mol. The van der Waals surface area contributed by atoms with Crippen molar-refractivity contribution in [3.8, 4) is 0 Å². The van der Waals surface area contributed by atoms with E-state index >= 15 is 0 Å². The lowest BCUT2D eigenvalue weighted by Crippen LogP contribution is -2.50. The first-order chi connectivity index (χ1) is 14.1. The molecule has 1 fully saturated rings. The Hall–Kier alpha value is -2.43. The van der Waals surface area contributed by atoms with Crippen LogP contribution in [-0.4, -0.2) is 61.9 Å². The predicted octanol–water partition coefficient (Wildman–Crippen LogP) is 3.10. The van der Waals surface area contributed by atoms with E-state index in [0.717, 1.165) is 12.3 Å². The minimum atomic E-state index is -3.58. The third kappa shape index (κ3) is 5.00. The van der Waals surface area contributed by atoms with Crippen LogP contribution in [0, 0.1) is 5.82 Å². The lowest BCUT2D eigenvalue weighted by molar-refractivity contribution is 0.0697. The number of anilines is 2. The van der Waals surface area contributed by atoms with Gasteiger partial charge in [-0.3, -0.25) is 0 Å². The molecule has 0 amide bonds. The van der Waals surface area contributed by atoms with E-state index in [1.54, 1.807) is 6.07 Å². The van der Waals surface area contributed by atoms with E-state index in [1.807, 2.05) is 9.80 Å². The van der Waals surface area contributed by atoms with E-state index in [9.17, 15) is 17.6 Å². The molecule has 30 heavy (non-hydrogen) atoms. The summed E-state index contributed by atoms with van der Waals surface area (Å²) in [5, 5.41) is 12.6. The van der Waals surface area contributed by atoms with Crippen LogP contribution in [-0.2, 0) is 9.84 Å². The molecular formula is C19H19ClFN3O4S2. The van der Waals surface area contributed by atoms with Crippen LogP contribution >= 0.6 is 23.8 Å². The molecule has 11 heteroatoms. The Morgan fingerprint density at radius 2 is 1.83 bits per heavy atom. The Morgan fingerprint density at radius 3 is 2.40 bits per heavy atom. The van der Waals surface area contributed by atoms with Crippen LogP contribution in [0.15, 0.2) is 41.3 Å². The number of aromatic carboxylic acids is 1. The molecule has 0 spiro atoms. The fourth-order valence-electron chi connectivity index (χ4n) is 3.17. The van der Waals surface area contributed by atoms with E-state index in [2.05, 4.69) is 5.32 Å². The van der Waals surface area contributed by atoms with Gasteiger partial charge < -0.3 is 20.2 Å². The quantitative estimate of drug-likeness (QED) is 0.657. The van der Waals surface area contributed by atoms with Crippen molar-refractivity contribution >= 4 is 56.1 Å². The van der Waals surface area contributed by atoms with Crippen LogP contribution in [0.1, 0.15) is 10.4 Å². The number of hydrogen-bond acceptors (Lipinski definition) is 5. The van der Waals surface area contributed by atoms with Gasteiger partial charge >= 0.3 is 5.97 Å². The summed E-state index contributed by atoms with van der Waals surface area (Å²) in [6.07, 6.45) is 1.06. The van der Waals surface area contributed by atoms with Gasteiger partial charge in [-0.1, -0.05) is 11.6 Å². The normalized spacial score (nSPS) is 14.5. The highest BCUT2D eigenvalue weighted by atomic mass is 35.5. The number of nitrogens with one attached hydrogen (secondary N) is 1. The monoisotopic (exact) mass is 471 g/mol. The third-order valence-corrected chi connectivity index (χ3v) is 6.48. The molecule has 0 saturated carbocycles. The minimum Gasteiger partial charge on any atom is -0.478 e. The fourth-order valence-corrected chi connectivity index (χ4v) is 4.63. The number of sulfone groups is 1. The largest absolute Gasteiger partial charge is 0.478 e. The summed E-state index contributed by atoms with van der Waals surface area (Å²) in [5.41, 5.74) is 1.03. The van der Waals surface area contributed by atoms with Gasteiger partial charge in [-0.05, 0) is 48.6 Å². The van der Waals surface area contributed by atoms with Crippen molar-refractivity contribution in [1.82, 2.24) is 4.90 Å². The zero-order valence-electron chi connectivity index (χ0n) is 15.9. The van der Waals surface area contributed by atoms with Crippen molar-refractivity contribution in [3.63, 3.8) is 0 Å². The number of carboxylic acid groups (broad SMARTS) is 1. The average molecular weight is 472 g/mol. The van der Waals surface area contributed by atoms with E-state index < -0.39 is 21.6 Å². The lowest BCUT2D eigenvalue weighted by atomic mass is 10.2. The molecule has 2 N–H and O–H groups in total. The summed E-state index contributed by atoms with van der Waals surface area (Å²) in [6, 6.07) is 8.22. The number of piperazine rings is 1. The van der Waals surface area contributed by atoms with Gasteiger partial charge in [-0.15, -0.1) is 0 Å². The van der Waals surface area contributed by atoms with Gasteiger partial charge in [0.05, 0.1) is 21.2 Å². The lowest BCUT2D eigenvalue weighted by Gasteiger charge is -2.38. The van der Waals surface area contributed by atoms with Crippen molar-refractivity contribution in [2.24, 2.45) is 0 Å². The maximum absolute atomic E-state index is 13.6. The molecule has 2 aromatic rings. The van der Waals surface area contributed by atoms with E-state index in [1.165, 1.54) is 24.3 Å². The van der Waals surface area contributed by atoms with Gasteiger partial charge in [0.15, 0.2) is 14.9 Å². The second-order valence-electron chi connectivity index (χ2n) is 6.79. The molecule has 0 unspecified atom stereocenters. The van der Waals surface area contributed by atoms with Gasteiger partial charge in [0, 0.05) is 38.1 Å². The number of benzene rings is 2. The molecule has 2 aromatic carbocycles. The van der Waals surface area contributed by atoms with Crippen molar-refractivity contribution in [1.29, 1.82) is 0 Å². The second kappa shape index (κ2) is 8.75. The number of carbonyl (C=O) groups is 1. The standard InChI is InChI=1S/C19H19ClFN3O4S2/c1-30(27,28)17-10-12(21)2-5-16(17)23-6-8-24(9-7-23)19(29)22-13-3-4-14(18(25)26)15(20)11-13/h2-5,10-11H,6-9H2,1H3,(H,22,29)(H,25,26). The number of hydrogen-bond donors (Lipinski definition) is 2. The molecule has 0 aromatic heterocycles. The number of halogens is 2. The summed E-state index contributed by atoms with van der Waals surface area (Å²) >= 11 is 11.4. The van der Waals surface area contributed by atoms with Gasteiger partial charge in [-0.2, -0.15) is 0 Å². The molecule has 1 aliphatic heterocycles. The first-order valence-corrected chi connectivity index (χ1v) is 11.6. The van der Waals surface area contributed by atoms with Gasteiger partial charge in [-0.25, -0.2) is 17.6 Å². The van der Waals surface area contributed by atoms with E-state index in [0.29, 0.717) is 42.7 Å². The third-order valence-electron chi connectivity index (χ3n) is 4.68. The Morgan fingerprint density at radius 1 is 1.17 bits per heavy atom. The minimum absolute atomic E-state index is 0.00253. The maximum Gasteiger partial charge on any atom is 0.337 e. The van der Waals surface area contributed by atoms with E-state index in [-0.39, 0.29) is 15.5 Å². The fraction of sp³-hybridized carbons (Fsp3) is 0.263. The van der Waals surface area contributed by atoms with Crippen LogP contribution < -0.4 is 10.2 Å². The zero-order valence-corrected chi connectivity index (χ0v) is 18.3. The summed E-state index contributed by atoms with van der Waals surface area (Å²) in [4.78, 5) is 14.8. The molecule has 7 nitrogen and oxygen atoms in total. The van der Waals surface area contributed by atoms with Crippen LogP contribution in [0.5, 0.6) is 0 Å². The molecule has 0 aliphatic carbocycles.